The van der Waals surface area contributed by atoms with Crippen molar-refractivity contribution in [1.82, 2.24) is 9.80 Å². The van der Waals surface area contributed by atoms with Crippen molar-refractivity contribution < 1.29 is 14.3 Å². The maximum atomic E-state index is 12.8. The van der Waals surface area contributed by atoms with Crippen LogP contribution >= 0.6 is 0 Å². The number of hydrogen-bond donors (Lipinski definition) is 0. The summed E-state index contributed by atoms with van der Waals surface area (Å²) >= 11 is 0. The van der Waals surface area contributed by atoms with E-state index in [-0.39, 0.29) is 5.91 Å². The van der Waals surface area contributed by atoms with Crippen LogP contribution < -0.4 is 4.74 Å². The van der Waals surface area contributed by atoms with Gasteiger partial charge in [-0.15, -0.1) is 0 Å². The smallest absolute Gasteiger partial charge is 0.255 e. The zero-order valence-electron chi connectivity index (χ0n) is 14.8. The second-order valence-electron chi connectivity index (χ2n) is 6.81. The third kappa shape index (κ3) is 3.73. The Morgan fingerprint density at radius 3 is 2.75 bits per heavy atom. The van der Waals surface area contributed by atoms with Crippen LogP contribution in [-0.4, -0.2) is 61.2 Å². The van der Waals surface area contributed by atoms with Crippen molar-refractivity contribution in [3.8, 4) is 5.75 Å². The highest BCUT2D eigenvalue weighted by atomic mass is 16.5. The Morgan fingerprint density at radius 1 is 1.21 bits per heavy atom. The summed E-state index contributed by atoms with van der Waals surface area (Å²) in [6, 6.07) is 8.24. The molecule has 0 radical (unpaired) electrons. The number of nitrogens with zero attached hydrogens (tertiary/aromatic N) is 2. The zero-order valence-corrected chi connectivity index (χ0v) is 14.8. The molecule has 2 aliphatic heterocycles. The van der Waals surface area contributed by atoms with Crippen molar-refractivity contribution in [3.05, 3.63) is 29.8 Å². The van der Waals surface area contributed by atoms with Gasteiger partial charge in [0.05, 0.1) is 13.2 Å². The number of morpholine rings is 1. The summed E-state index contributed by atoms with van der Waals surface area (Å²) in [5.74, 6) is 1.05. The number of likely N-dealkylation sites (N-methyl/N-ethyl adjacent to an activating group) is 1. The molecule has 2 heterocycles. The molecule has 1 spiro atoms. The SMILES string of the molecule is CCOc1ccc(CN2CCOC3(CCCCN(C)C3=O)C2)cc1. The maximum absolute atomic E-state index is 12.8. The van der Waals surface area contributed by atoms with Crippen molar-refractivity contribution in [2.75, 3.05) is 39.9 Å². The molecule has 0 aliphatic carbocycles. The average Bonchev–Trinajstić information content (AvgIpc) is 2.72. The van der Waals surface area contributed by atoms with E-state index in [1.165, 1.54) is 5.56 Å². The van der Waals surface area contributed by atoms with Gasteiger partial charge in [-0.3, -0.25) is 9.69 Å². The number of hydrogen-bond acceptors (Lipinski definition) is 4. The van der Waals surface area contributed by atoms with E-state index in [0.29, 0.717) is 19.8 Å². The summed E-state index contributed by atoms with van der Waals surface area (Å²) < 4.78 is 11.5. The van der Waals surface area contributed by atoms with E-state index >= 15 is 0 Å². The molecule has 0 bridgehead atoms. The Bertz CT molecular complexity index is 560. The van der Waals surface area contributed by atoms with Crippen LogP contribution in [0.15, 0.2) is 24.3 Å². The Balaban J connectivity index is 1.67. The minimum Gasteiger partial charge on any atom is -0.494 e. The first-order valence-electron chi connectivity index (χ1n) is 8.96. The highest BCUT2D eigenvalue weighted by Gasteiger charge is 2.45. The van der Waals surface area contributed by atoms with Gasteiger partial charge >= 0.3 is 0 Å². The van der Waals surface area contributed by atoms with Crippen LogP contribution in [0.5, 0.6) is 5.75 Å². The van der Waals surface area contributed by atoms with Crippen molar-refractivity contribution in [3.63, 3.8) is 0 Å². The number of ether oxygens (including phenoxy) is 2. The lowest BCUT2D eigenvalue weighted by Gasteiger charge is -2.42. The molecule has 1 unspecified atom stereocenters. The van der Waals surface area contributed by atoms with Crippen molar-refractivity contribution >= 4 is 5.91 Å². The number of rotatable bonds is 4. The second kappa shape index (κ2) is 7.53. The van der Waals surface area contributed by atoms with Gasteiger partial charge in [0.25, 0.3) is 5.91 Å². The van der Waals surface area contributed by atoms with E-state index in [4.69, 9.17) is 9.47 Å². The molecule has 1 aromatic rings. The summed E-state index contributed by atoms with van der Waals surface area (Å²) in [4.78, 5) is 17.0. The minimum absolute atomic E-state index is 0.149. The molecule has 0 N–H and O–H groups in total. The van der Waals surface area contributed by atoms with Crippen LogP contribution in [-0.2, 0) is 16.1 Å². The van der Waals surface area contributed by atoms with Gasteiger partial charge in [0.1, 0.15) is 5.75 Å². The number of carbonyl (C=O) groups excluding carboxylic acids is 1. The summed E-state index contributed by atoms with van der Waals surface area (Å²) in [5.41, 5.74) is 0.597. The second-order valence-corrected chi connectivity index (χ2v) is 6.81. The van der Waals surface area contributed by atoms with Crippen molar-refractivity contribution in [2.45, 2.75) is 38.3 Å². The topological polar surface area (TPSA) is 42.0 Å². The van der Waals surface area contributed by atoms with Crippen LogP contribution in [0.25, 0.3) is 0 Å². The lowest BCUT2D eigenvalue weighted by atomic mass is 9.94. The molecule has 5 heteroatoms. The van der Waals surface area contributed by atoms with E-state index in [9.17, 15) is 4.79 Å². The molecule has 2 aliphatic rings. The fourth-order valence-electron chi connectivity index (χ4n) is 3.70. The highest BCUT2D eigenvalue weighted by molar-refractivity contribution is 5.85. The fraction of sp³-hybridized carbons (Fsp3) is 0.632. The molecule has 1 amide bonds. The van der Waals surface area contributed by atoms with Crippen LogP contribution in [0.1, 0.15) is 31.7 Å². The van der Waals surface area contributed by atoms with Gasteiger partial charge in [0.2, 0.25) is 0 Å². The Labute approximate surface area is 144 Å². The molecular formula is C19H28N2O3. The Kier molecular flexibility index (Phi) is 5.41. The predicted octanol–water partition coefficient (Wildman–Crippen LogP) is 2.30. The monoisotopic (exact) mass is 332 g/mol. The fourth-order valence-corrected chi connectivity index (χ4v) is 3.70. The molecule has 2 saturated heterocycles. The number of benzene rings is 1. The normalized spacial score (nSPS) is 25.8. The molecule has 0 aromatic heterocycles. The lowest BCUT2D eigenvalue weighted by molar-refractivity contribution is -0.169. The molecule has 2 fully saturated rings. The lowest BCUT2D eigenvalue weighted by Crippen LogP contribution is -2.59. The third-order valence-corrected chi connectivity index (χ3v) is 4.97. The average molecular weight is 332 g/mol. The number of carbonyl (C=O) groups is 1. The summed E-state index contributed by atoms with van der Waals surface area (Å²) in [7, 11) is 1.89. The first-order valence-corrected chi connectivity index (χ1v) is 8.96. The van der Waals surface area contributed by atoms with Crippen LogP contribution in [0.2, 0.25) is 0 Å². The van der Waals surface area contributed by atoms with Crippen LogP contribution in [0, 0.1) is 0 Å². The zero-order chi connectivity index (χ0) is 17.0. The van der Waals surface area contributed by atoms with Gasteiger partial charge in [-0.2, -0.15) is 0 Å². The maximum Gasteiger partial charge on any atom is 0.255 e. The van der Waals surface area contributed by atoms with E-state index in [1.54, 1.807) is 0 Å². The molecule has 1 atom stereocenters. The predicted molar refractivity (Wildman–Crippen MR) is 93.1 cm³/mol. The molecule has 132 valence electrons. The van der Waals surface area contributed by atoms with E-state index in [0.717, 1.165) is 44.6 Å². The number of amides is 1. The van der Waals surface area contributed by atoms with Crippen molar-refractivity contribution in [1.29, 1.82) is 0 Å². The van der Waals surface area contributed by atoms with E-state index < -0.39 is 5.60 Å². The summed E-state index contributed by atoms with van der Waals surface area (Å²) in [6.07, 6.45) is 2.94. The van der Waals surface area contributed by atoms with Gasteiger partial charge in [0.15, 0.2) is 5.60 Å². The van der Waals surface area contributed by atoms with Crippen LogP contribution in [0.4, 0.5) is 0 Å². The van der Waals surface area contributed by atoms with Gasteiger partial charge < -0.3 is 14.4 Å². The minimum atomic E-state index is -0.644. The van der Waals surface area contributed by atoms with Gasteiger partial charge in [0, 0.05) is 33.2 Å². The van der Waals surface area contributed by atoms with Gasteiger partial charge in [-0.25, -0.2) is 0 Å². The largest absolute Gasteiger partial charge is 0.494 e. The molecular weight excluding hydrogens is 304 g/mol. The molecule has 5 nitrogen and oxygen atoms in total. The quantitative estimate of drug-likeness (QED) is 0.848. The summed E-state index contributed by atoms with van der Waals surface area (Å²) in [5, 5.41) is 0. The molecule has 0 saturated carbocycles. The third-order valence-electron chi connectivity index (χ3n) is 4.97. The van der Waals surface area contributed by atoms with E-state index in [1.807, 2.05) is 31.0 Å². The number of likely N-dealkylation sites (tertiary alicyclic amines) is 1. The van der Waals surface area contributed by atoms with Crippen LogP contribution in [0.3, 0.4) is 0 Å². The molecule has 1 aromatic carbocycles. The first kappa shape index (κ1) is 17.2. The van der Waals surface area contributed by atoms with E-state index in [2.05, 4.69) is 17.0 Å². The highest BCUT2D eigenvalue weighted by Crippen LogP contribution is 2.30. The Morgan fingerprint density at radius 2 is 2.00 bits per heavy atom. The van der Waals surface area contributed by atoms with Gasteiger partial charge in [-0.05, 0) is 43.9 Å². The Hall–Kier alpha value is -1.59. The molecule has 3 rings (SSSR count). The van der Waals surface area contributed by atoms with Crippen molar-refractivity contribution in [2.24, 2.45) is 0 Å². The standard InChI is InChI=1S/C19H28N2O3/c1-3-23-17-8-6-16(7-9-17)14-21-12-13-24-19(15-21)10-4-5-11-20(2)18(19)22/h6-9H,3-5,10-15H2,1-2H3. The van der Waals surface area contributed by atoms with Gasteiger partial charge in [-0.1, -0.05) is 12.1 Å². The molecule has 24 heavy (non-hydrogen) atoms. The first-order chi connectivity index (χ1) is 11.6. The summed E-state index contributed by atoms with van der Waals surface area (Å²) in [6.45, 7) is 6.52.